The zero-order valence-electron chi connectivity index (χ0n) is 11.3. The molecule has 96 valence electrons. The third-order valence-electron chi connectivity index (χ3n) is 4.17. The molecule has 0 atom stereocenters. The maximum atomic E-state index is 3.77. The first-order chi connectivity index (χ1) is 7.76. The van der Waals surface area contributed by atoms with Crippen LogP contribution in [0, 0.1) is 0 Å². The standard InChI is InChI=1S/C13H29N3/c1-4-13(5-2,6-3)15-9-12-16-10-7-14-8-11-16/h14-15H,4-12H2,1-3H3. The van der Waals surface area contributed by atoms with Crippen LogP contribution in [0.2, 0.25) is 0 Å². The molecular weight excluding hydrogens is 198 g/mol. The number of hydrogen-bond donors (Lipinski definition) is 2. The molecule has 1 saturated heterocycles. The van der Waals surface area contributed by atoms with Crippen LogP contribution < -0.4 is 10.6 Å². The molecule has 2 N–H and O–H groups in total. The Bertz CT molecular complexity index is 164. The number of piperazine rings is 1. The lowest BCUT2D eigenvalue weighted by molar-refractivity contribution is 0.217. The van der Waals surface area contributed by atoms with Crippen LogP contribution in [0.25, 0.3) is 0 Å². The molecule has 1 aliphatic heterocycles. The quantitative estimate of drug-likeness (QED) is 0.689. The van der Waals surface area contributed by atoms with Crippen molar-refractivity contribution in [3.05, 3.63) is 0 Å². The summed E-state index contributed by atoms with van der Waals surface area (Å²) in [5.74, 6) is 0. The molecule has 0 aromatic carbocycles. The summed E-state index contributed by atoms with van der Waals surface area (Å²) < 4.78 is 0. The van der Waals surface area contributed by atoms with Gasteiger partial charge in [-0.15, -0.1) is 0 Å². The van der Waals surface area contributed by atoms with Gasteiger partial charge in [-0.05, 0) is 19.3 Å². The predicted molar refractivity (Wildman–Crippen MR) is 70.9 cm³/mol. The average Bonchev–Trinajstić information content (AvgIpc) is 2.37. The number of hydrogen-bond acceptors (Lipinski definition) is 3. The van der Waals surface area contributed by atoms with Gasteiger partial charge in [-0.25, -0.2) is 0 Å². The number of rotatable bonds is 7. The van der Waals surface area contributed by atoms with Crippen molar-refractivity contribution in [2.75, 3.05) is 39.3 Å². The van der Waals surface area contributed by atoms with Crippen LogP contribution in [0.1, 0.15) is 40.0 Å². The molecule has 1 aliphatic rings. The summed E-state index contributed by atoms with van der Waals surface area (Å²) in [4.78, 5) is 2.55. The monoisotopic (exact) mass is 227 g/mol. The number of nitrogens with zero attached hydrogens (tertiary/aromatic N) is 1. The van der Waals surface area contributed by atoms with Crippen LogP contribution in [0.15, 0.2) is 0 Å². The third kappa shape index (κ3) is 4.04. The van der Waals surface area contributed by atoms with E-state index in [9.17, 15) is 0 Å². The molecule has 0 aromatic rings. The molecule has 1 rings (SSSR count). The topological polar surface area (TPSA) is 27.3 Å². The molecule has 0 aromatic heterocycles. The van der Waals surface area contributed by atoms with E-state index in [1.54, 1.807) is 0 Å². The second-order valence-electron chi connectivity index (χ2n) is 4.86. The first-order valence-corrected chi connectivity index (χ1v) is 6.94. The predicted octanol–water partition coefficient (Wildman–Crippen LogP) is 1.45. The van der Waals surface area contributed by atoms with E-state index in [0.717, 1.165) is 19.6 Å². The molecule has 0 spiro atoms. The summed E-state index contributed by atoms with van der Waals surface area (Å²) in [6.07, 6.45) is 3.71. The van der Waals surface area contributed by atoms with Crippen molar-refractivity contribution < 1.29 is 0 Å². The Labute approximate surface area is 101 Å². The Morgan fingerprint density at radius 3 is 2.12 bits per heavy atom. The molecule has 0 amide bonds. The van der Waals surface area contributed by atoms with Crippen LogP contribution in [-0.2, 0) is 0 Å². The zero-order chi connectivity index (χ0) is 11.9. The summed E-state index contributed by atoms with van der Waals surface area (Å²) in [6.45, 7) is 13.9. The lowest BCUT2D eigenvalue weighted by Crippen LogP contribution is -2.50. The fourth-order valence-corrected chi connectivity index (χ4v) is 2.54. The largest absolute Gasteiger partial charge is 0.314 e. The van der Waals surface area contributed by atoms with Crippen LogP contribution in [0.5, 0.6) is 0 Å². The number of nitrogens with one attached hydrogen (secondary N) is 2. The molecule has 0 aliphatic carbocycles. The maximum absolute atomic E-state index is 3.77. The first-order valence-electron chi connectivity index (χ1n) is 6.94. The van der Waals surface area contributed by atoms with Crippen LogP contribution in [0.3, 0.4) is 0 Å². The van der Waals surface area contributed by atoms with Crippen molar-refractivity contribution in [2.45, 2.75) is 45.6 Å². The molecular formula is C13H29N3. The third-order valence-corrected chi connectivity index (χ3v) is 4.17. The van der Waals surface area contributed by atoms with E-state index < -0.39 is 0 Å². The first kappa shape index (κ1) is 13.9. The smallest absolute Gasteiger partial charge is 0.0174 e. The Balaban J connectivity index is 2.21. The average molecular weight is 227 g/mol. The molecule has 3 heteroatoms. The van der Waals surface area contributed by atoms with E-state index in [1.165, 1.54) is 38.9 Å². The molecule has 1 heterocycles. The minimum atomic E-state index is 0.383. The van der Waals surface area contributed by atoms with Crippen LogP contribution >= 0.6 is 0 Å². The van der Waals surface area contributed by atoms with Gasteiger partial charge < -0.3 is 10.6 Å². The molecule has 0 bridgehead atoms. The minimum absolute atomic E-state index is 0.383. The second kappa shape index (κ2) is 7.25. The molecule has 0 unspecified atom stereocenters. The Hall–Kier alpha value is -0.120. The van der Waals surface area contributed by atoms with Gasteiger partial charge in [-0.3, -0.25) is 4.90 Å². The summed E-state index contributed by atoms with van der Waals surface area (Å²) in [6, 6.07) is 0. The SMILES string of the molecule is CCC(CC)(CC)NCCN1CCNCC1. The van der Waals surface area contributed by atoms with Gasteiger partial charge >= 0.3 is 0 Å². The van der Waals surface area contributed by atoms with Crippen LogP contribution in [-0.4, -0.2) is 49.7 Å². The van der Waals surface area contributed by atoms with E-state index >= 15 is 0 Å². The van der Waals surface area contributed by atoms with Gasteiger partial charge in [0.05, 0.1) is 0 Å². The van der Waals surface area contributed by atoms with Gasteiger partial charge in [0.2, 0.25) is 0 Å². The highest BCUT2D eigenvalue weighted by atomic mass is 15.2. The molecule has 0 saturated carbocycles. The van der Waals surface area contributed by atoms with Crippen molar-refractivity contribution in [1.29, 1.82) is 0 Å². The minimum Gasteiger partial charge on any atom is -0.314 e. The fourth-order valence-electron chi connectivity index (χ4n) is 2.54. The van der Waals surface area contributed by atoms with Gasteiger partial charge in [-0.1, -0.05) is 20.8 Å². The highest BCUT2D eigenvalue weighted by molar-refractivity contribution is 4.84. The van der Waals surface area contributed by atoms with Crippen molar-refractivity contribution in [1.82, 2.24) is 15.5 Å². The summed E-state index contributed by atoms with van der Waals surface area (Å²) >= 11 is 0. The second-order valence-corrected chi connectivity index (χ2v) is 4.86. The Kier molecular flexibility index (Phi) is 6.32. The Morgan fingerprint density at radius 2 is 1.62 bits per heavy atom. The molecule has 1 fully saturated rings. The van der Waals surface area contributed by atoms with Gasteiger partial charge in [0.15, 0.2) is 0 Å². The van der Waals surface area contributed by atoms with Gasteiger partial charge in [0.1, 0.15) is 0 Å². The normalized spacial score (nSPS) is 18.9. The van der Waals surface area contributed by atoms with E-state index in [1.807, 2.05) is 0 Å². The van der Waals surface area contributed by atoms with Crippen molar-refractivity contribution >= 4 is 0 Å². The lowest BCUT2D eigenvalue weighted by atomic mass is 9.90. The zero-order valence-corrected chi connectivity index (χ0v) is 11.3. The van der Waals surface area contributed by atoms with E-state index in [2.05, 4.69) is 36.3 Å². The van der Waals surface area contributed by atoms with Crippen molar-refractivity contribution in [2.24, 2.45) is 0 Å². The van der Waals surface area contributed by atoms with Crippen LogP contribution in [0.4, 0.5) is 0 Å². The highest BCUT2D eigenvalue weighted by Crippen LogP contribution is 2.18. The fraction of sp³-hybridized carbons (Fsp3) is 1.00. The van der Waals surface area contributed by atoms with Crippen molar-refractivity contribution in [3.63, 3.8) is 0 Å². The van der Waals surface area contributed by atoms with Gasteiger partial charge in [0, 0.05) is 44.8 Å². The summed E-state index contributed by atoms with van der Waals surface area (Å²) in [7, 11) is 0. The summed E-state index contributed by atoms with van der Waals surface area (Å²) in [5, 5.41) is 7.16. The highest BCUT2D eigenvalue weighted by Gasteiger charge is 2.22. The van der Waals surface area contributed by atoms with E-state index in [-0.39, 0.29) is 0 Å². The Morgan fingerprint density at radius 1 is 1.06 bits per heavy atom. The van der Waals surface area contributed by atoms with Gasteiger partial charge in [-0.2, -0.15) is 0 Å². The lowest BCUT2D eigenvalue weighted by Gasteiger charge is -2.34. The molecule has 16 heavy (non-hydrogen) atoms. The molecule has 0 radical (unpaired) electrons. The maximum Gasteiger partial charge on any atom is 0.0174 e. The summed E-state index contributed by atoms with van der Waals surface area (Å²) in [5.41, 5.74) is 0.383. The van der Waals surface area contributed by atoms with E-state index in [4.69, 9.17) is 0 Å². The van der Waals surface area contributed by atoms with Crippen molar-refractivity contribution in [3.8, 4) is 0 Å². The molecule has 3 nitrogen and oxygen atoms in total. The van der Waals surface area contributed by atoms with Gasteiger partial charge in [0.25, 0.3) is 0 Å². The van der Waals surface area contributed by atoms with E-state index in [0.29, 0.717) is 5.54 Å².